The summed E-state index contributed by atoms with van der Waals surface area (Å²) in [6.45, 7) is 1.76. The van der Waals surface area contributed by atoms with Crippen LogP contribution in [0.2, 0.25) is 0 Å². The summed E-state index contributed by atoms with van der Waals surface area (Å²) in [7, 11) is 0. The van der Waals surface area contributed by atoms with Crippen molar-refractivity contribution in [3.05, 3.63) is 63.7 Å². The molecule has 2 heterocycles. The number of fused-ring (bicyclic) bond motifs is 1. The molecule has 20 heavy (non-hydrogen) atoms. The van der Waals surface area contributed by atoms with Crippen LogP contribution in [-0.4, -0.2) is 15.7 Å². The molecule has 0 radical (unpaired) electrons. The van der Waals surface area contributed by atoms with Crippen LogP contribution in [0.4, 0.5) is 5.69 Å². The zero-order valence-corrected chi connectivity index (χ0v) is 10.5. The van der Waals surface area contributed by atoms with Gasteiger partial charge in [0.2, 0.25) is 0 Å². The molecule has 3 aromatic rings. The van der Waals surface area contributed by atoms with Gasteiger partial charge in [-0.25, -0.2) is 0 Å². The van der Waals surface area contributed by atoms with Crippen molar-refractivity contribution in [1.82, 2.24) is 4.98 Å². The quantitative estimate of drug-likeness (QED) is 0.449. The summed E-state index contributed by atoms with van der Waals surface area (Å²) >= 11 is 0. The minimum Gasteiger partial charge on any atom is -0.469 e. The van der Waals surface area contributed by atoms with E-state index in [1.165, 1.54) is 18.4 Å². The smallest absolute Gasteiger partial charge is 0.271 e. The number of rotatable bonds is 3. The van der Waals surface area contributed by atoms with Crippen LogP contribution >= 0.6 is 0 Å². The molecule has 0 saturated carbocycles. The van der Waals surface area contributed by atoms with Gasteiger partial charge in [-0.1, -0.05) is 0 Å². The Balaban J connectivity index is 2.09. The number of hydrogen-bond acceptors (Lipinski definition) is 4. The number of non-ortho nitro benzene ring substituents is 1. The Hall–Kier alpha value is -2.89. The van der Waals surface area contributed by atoms with E-state index in [-0.39, 0.29) is 11.5 Å². The van der Waals surface area contributed by atoms with Crippen LogP contribution in [0.3, 0.4) is 0 Å². The molecule has 0 bridgehead atoms. The topological polar surface area (TPSA) is 89.1 Å². The number of nitro groups is 1. The Labute approximate surface area is 113 Å². The third-order valence-corrected chi connectivity index (χ3v) is 3.11. The average Bonchev–Trinajstić information content (AvgIpc) is 3.03. The van der Waals surface area contributed by atoms with Gasteiger partial charge >= 0.3 is 0 Å². The predicted octanol–water partition coefficient (Wildman–Crippen LogP) is 3.21. The maximum Gasteiger partial charge on any atom is 0.271 e. The zero-order valence-electron chi connectivity index (χ0n) is 10.5. The molecule has 2 aromatic heterocycles. The fourth-order valence-electron chi connectivity index (χ4n) is 2.13. The van der Waals surface area contributed by atoms with E-state index in [0.29, 0.717) is 27.8 Å². The van der Waals surface area contributed by atoms with Crippen LogP contribution in [-0.2, 0) is 0 Å². The van der Waals surface area contributed by atoms with Crippen LogP contribution in [0.1, 0.15) is 21.7 Å². The molecular formula is C14H10N2O4. The minimum atomic E-state index is -0.471. The first-order valence-corrected chi connectivity index (χ1v) is 5.91. The van der Waals surface area contributed by atoms with Crippen LogP contribution in [0, 0.1) is 17.0 Å². The van der Waals surface area contributed by atoms with E-state index in [4.69, 9.17) is 4.42 Å². The Morgan fingerprint density at radius 3 is 2.80 bits per heavy atom. The third-order valence-electron chi connectivity index (χ3n) is 3.11. The molecule has 0 unspecified atom stereocenters. The van der Waals surface area contributed by atoms with Gasteiger partial charge in [-0.3, -0.25) is 14.9 Å². The van der Waals surface area contributed by atoms with Crippen LogP contribution < -0.4 is 0 Å². The van der Waals surface area contributed by atoms with Gasteiger partial charge in [0.05, 0.1) is 16.0 Å². The largest absolute Gasteiger partial charge is 0.469 e. The number of hydrogen-bond donors (Lipinski definition) is 1. The summed E-state index contributed by atoms with van der Waals surface area (Å²) in [6.07, 6.45) is 2.96. The minimum absolute atomic E-state index is 0.0162. The zero-order chi connectivity index (χ0) is 14.3. The van der Waals surface area contributed by atoms with Crippen LogP contribution in [0.5, 0.6) is 0 Å². The van der Waals surface area contributed by atoms with Crippen molar-refractivity contribution >= 4 is 22.4 Å². The van der Waals surface area contributed by atoms with Gasteiger partial charge < -0.3 is 9.40 Å². The fourth-order valence-corrected chi connectivity index (χ4v) is 2.13. The second kappa shape index (κ2) is 4.34. The fraction of sp³-hybridized carbons (Fsp3) is 0.0714. The van der Waals surface area contributed by atoms with E-state index in [1.807, 2.05) is 0 Å². The maximum absolute atomic E-state index is 12.3. The molecule has 0 aliphatic heterocycles. The molecule has 1 N–H and O–H groups in total. The lowest BCUT2D eigenvalue weighted by atomic mass is 10.0. The van der Waals surface area contributed by atoms with Crippen LogP contribution in [0.15, 0.2) is 41.1 Å². The van der Waals surface area contributed by atoms with E-state index < -0.39 is 4.92 Å². The average molecular weight is 270 g/mol. The Morgan fingerprint density at radius 1 is 1.35 bits per heavy atom. The summed E-state index contributed by atoms with van der Waals surface area (Å²) in [4.78, 5) is 25.5. The highest BCUT2D eigenvalue weighted by Crippen LogP contribution is 2.25. The molecule has 100 valence electrons. The number of carbonyl (C=O) groups is 1. The Morgan fingerprint density at radius 2 is 2.15 bits per heavy atom. The number of ketones is 1. The van der Waals surface area contributed by atoms with Gasteiger partial charge in [0.1, 0.15) is 12.0 Å². The SMILES string of the molecule is Cc1cc(C(=O)c2c[nH]c3cc([N+](=O)[O-])ccc23)co1. The number of furan rings is 1. The number of aromatic nitrogens is 1. The lowest BCUT2D eigenvalue weighted by Crippen LogP contribution is -1.98. The van der Waals surface area contributed by atoms with Crippen LogP contribution in [0.25, 0.3) is 10.9 Å². The molecule has 6 nitrogen and oxygen atoms in total. The third kappa shape index (κ3) is 1.87. The highest BCUT2D eigenvalue weighted by Gasteiger charge is 2.17. The first-order chi connectivity index (χ1) is 9.56. The van der Waals surface area contributed by atoms with Crippen molar-refractivity contribution < 1.29 is 14.1 Å². The molecule has 0 atom stereocenters. The first-order valence-electron chi connectivity index (χ1n) is 5.91. The van der Waals surface area contributed by atoms with Crippen molar-refractivity contribution in [3.8, 4) is 0 Å². The Kier molecular flexibility index (Phi) is 2.64. The summed E-state index contributed by atoms with van der Waals surface area (Å²) in [6, 6.07) is 6.02. The second-order valence-corrected chi connectivity index (χ2v) is 4.46. The summed E-state index contributed by atoms with van der Waals surface area (Å²) < 4.78 is 5.13. The number of aryl methyl sites for hydroxylation is 1. The van der Waals surface area contributed by atoms with Crippen molar-refractivity contribution in [1.29, 1.82) is 0 Å². The number of nitrogens with zero attached hydrogens (tertiary/aromatic N) is 1. The van der Waals surface area contributed by atoms with Gasteiger partial charge in [0.25, 0.3) is 5.69 Å². The van der Waals surface area contributed by atoms with Gasteiger partial charge in [-0.05, 0) is 19.1 Å². The summed E-state index contributed by atoms with van der Waals surface area (Å²) in [5, 5.41) is 11.4. The number of nitro benzene ring substituents is 1. The number of H-pyrrole nitrogens is 1. The number of nitrogens with one attached hydrogen (secondary N) is 1. The lowest BCUT2D eigenvalue weighted by molar-refractivity contribution is -0.384. The van der Waals surface area contributed by atoms with Gasteiger partial charge in [-0.2, -0.15) is 0 Å². The van der Waals surface area contributed by atoms with E-state index >= 15 is 0 Å². The van der Waals surface area contributed by atoms with E-state index in [2.05, 4.69) is 4.98 Å². The molecular weight excluding hydrogens is 260 g/mol. The van der Waals surface area contributed by atoms with Crippen molar-refractivity contribution in [3.63, 3.8) is 0 Å². The van der Waals surface area contributed by atoms with Crippen molar-refractivity contribution in [2.45, 2.75) is 6.92 Å². The molecule has 3 rings (SSSR count). The number of benzene rings is 1. The van der Waals surface area contributed by atoms with E-state index in [9.17, 15) is 14.9 Å². The van der Waals surface area contributed by atoms with Gasteiger partial charge in [0, 0.05) is 29.3 Å². The summed E-state index contributed by atoms with van der Waals surface area (Å²) in [5.74, 6) is 0.478. The van der Waals surface area contributed by atoms with Crippen molar-refractivity contribution in [2.75, 3.05) is 0 Å². The Bertz CT molecular complexity index is 829. The molecule has 0 spiro atoms. The second-order valence-electron chi connectivity index (χ2n) is 4.46. The van der Waals surface area contributed by atoms with Crippen molar-refractivity contribution in [2.24, 2.45) is 0 Å². The highest BCUT2D eigenvalue weighted by atomic mass is 16.6. The van der Waals surface area contributed by atoms with Gasteiger partial charge in [0.15, 0.2) is 5.78 Å². The molecule has 0 amide bonds. The van der Waals surface area contributed by atoms with E-state index in [1.54, 1.807) is 25.3 Å². The monoisotopic (exact) mass is 270 g/mol. The maximum atomic E-state index is 12.3. The molecule has 0 saturated heterocycles. The highest BCUT2D eigenvalue weighted by molar-refractivity contribution is 6.16. The lowest BCUT2D eigenvalue weighted by Gasteiger charge is -1.96. The normalized spacial score (nSPS) is 10.8. The summed E-state index contributed by atoms with van der Waals surface area (Å²) in [5.41, 5.74) is 1.47. The van der Waals surface area contributed by atoms with E-state index in [0.717, 1.165) is 0 Å². The predicted molar refractivity (Wildman–Crippen MR) is 71.8 cm³/mol. The first kappa shape index (κ1) is 12.2. The number of aromatic amines is 1. The molecule has 6 heteroatoms. The number of carbonyl (C=O) groups excluding carboxylic acids is 1. The molecule has 0 aliphatic rings. The molecule has 0 fully saturated rings. The van der Waals surface area contributed by atoms with Gasteiger partial charge in [-0.15, -0.1) is 0 Å². The molecule has 1 aromatic carbocycles. The standard InChI is InChI=1S/C14H10N2O4/c1-8-4-9(7-20-8)14(17)12-6-15-13-5-10(16(18)19)2-3-11(12)13/h2-7,15H,1H3. The molecule has 0 aliphatic carbocycles.